The third kappa shape index (κ3) is 2.98. The molecule has 1 saturated heterocycles. The first-order valence-corrected chi connectivity index (χ1v) is 7.25. The summed E-state index contributed by atoms with van der Waals surface area (Å²) in [5, 5.41) is 11.8. The summed E-state index contributed by atoms with van der Waals surface area (Å²) in [6.07, 6.45) is 4.92. The van der Waals surface area contributed by atoms with Gasteiger partial charge < -0.3 is 15.1 Å². The summed E-state index contributed by atoms with van der Waals surface area (Å²) in [6, 6.07) is 2.19. The van der Waals surface area contributed by atoms with Crippen LogP contribution in [-0.4, -0.2) is 58.9 Å². The average molecular weight is 300 g/mol. The molecule has 0 spiro atoms. The molecule has 0 atom stereocenters. The number of nitrogens with one attached hydrogen (secondary N) is 1. The SMILES string of the molecule is N#Cc1nccnc1N1CCN(C(=O)C(=O)NC2CC2)CC1. The van der Waals surface area contributed by atoms with Crippen LogP contribution in [0.25, 0.3) is 0 Å². The normalized spacial score (nSPS) is 17.8. The first kappa shape index (κ1) is 14.3. The van der Waals surface area contributed by atoms with Gasteiger partial charge in [0, 0.05) is 44.6 Å². The van der Waals surface area contributed by atoms with Gasteiger partial charge in [0.05, 0.1) is 0 Å². The predicted octanol–water partition coefficient (Wildman–Crippen LogP) is -0.725. The zero-order valence-electron chi connectivity index (χ0n) is 12.0. The van der Waals surface area contributed by atoms with E-state index < -0.39 is 11.8 Å². The van der Waals surface area contributed by atoms with Crippen molar-refractivity contribution in [3.63, 3.8) is 0 Å². The van der Waals surface area contributed by atoms with Gasteiger partial charge in [-0.25, -0.2) is 9.97 Å². The minimum absolute atomic E-state index is 0.176. The van der Waals surface area contributed by atoms with E-state index in [-0.39, 0.29) is 11.7 Å². The molecule has 3 rings (SSSR count). The molecular weight excluding hydrogens is 284 g/mol. The molecule has 0 radical (unpaired) electrons. The number of amides is 2. The third-order valence-electron chi connectivity index (χ3n) is 3.76. The molecule has 8 nitrogen and oxygen atoms in total. The van der Waals surface area contributed by atoms with Gasteiger partial charge in [-0.1, -0.05) is 0 Å². The summed E-state index contributed by atoms with van der Waals surface area (Å²) in [6.45, 7) is 1.91. The van der Waals surface area contributed by atoms with Crippen LogP contribution in [0.2, 0.25) is 0 Å². The molecule has 1 aliphatic carbocycles. The van der Waals surface area contributed by atoms with Crippen LogP contribution in [-0.2, 0) is 9.59 Å². The van der Waals surface area contributed by atoms with Crippen molar-refractivity contribution in [3.05, 3.63) is 18.1 Å². The van der Waals surface area contributed by atoms with Crippen molar-refractivity contribution in [2.75, 3.05) is 31.1 Å². The summed E-state index contributed by atoms with van der Waals surface area (Å²) < 4.78 is 0. The van der Waals surface area contributed by atoms with Crippen molar-refractivity contribution in [1.82, 2.24) is 20.2 Å². The number of nitrogens with zero attached hydrogens (tertiary/aromatic N) is 5. The monoisotopic (exact) mass is 300 g/mol. The molecule has 2 aliphatic rings. The molecule has 1 aromatic rings. The lowest BCUT2D eigenvalue weighted by atomic mass is 10.2. The van der Waals surface area contributed by atoms with Crippen LogP contribution >= 0.6 is 0 Å². The average Bonchev–Trinajstić information content (AvgIpc) is 3.38. The molecule has 114 valence electrons. The van der Waals surface area contributed by atoms with Gasteiger partial charge in [-0.15, -0.1) is 0 Å². The number of rotatable bonds is 2. The molecule has 2 amide bonds. The maximum atomic E-state index is 12.0. The zero-order chi connectivity index (χ0) is 15.5. The second-order valence-electron chi connectivity index (χ2n) is 5.37. The molecule has 2 heterocycles. The Hall–Kier alpha value is -2.69. The molecule has 1 saturated carbocycles. The smallest absolute Gasteiger partial charge is 0.312 e. The quantitative estimate of drug-likeness (QED) is 0.723. The molecule has 0 unspecified atom stereocenters. The Labute approximate surface area is 127 Å². The highest BCUT2D eigenvalue weighted by Crippen LogP contribution is 2.19. The lowest BCUT2D eigenvalue weighted by molar-refractivity contribution is -0.146. The lowest BCUT2D eigenvalue weighted by Crippen LogP contribution is -2.53. The molecule has 1 N–H and O–H groups in total. The Morgan fingerprint density at radius 2 is 1.86 bits per heavy atom. The van der Waals surface area contributed by atoms with E-state index in [9.17, 15) is 9.59 Å². The second-order valence-corrected chi connectivity index (χ2v) is 5.37. The Morgan fingerprint density at radius 1 is 1.18 bits per heavy atom. The maximum absolute atomic E-state index is 12.0. The Balaban J connectivity index is 1.59. The number of nitriles is 1. The third-order valence-corrected chi connectivity index (χ3v) is 3.76. The zero-order valence-corrected chi connectivity index (χ0v) is 12.0. The minimum atomic E-state index is -0.520. The van der Waals surface area contributed by atoms with Gasteiger partial charge in [-0.05, 0) is 12.8 Å². The summed E-state index contributed by atoms with van der Waals surface area (Å²) >= 11 is 0. The number of carbonyl (C=O) groups is 2. The van der Waals surface area contributed by atoms with Gasteiger partial charge in [0.15, 0.2) is 11.5 Å². The summed E-state index contributed by atoms with van der Waals surface area (Å²) in [5.41, 5.74) is 0.272. The number of hydrogen-bond acceptors (Lipinski definition) is 6. The Bertz CT molecular complexity index is 628. The Morgan fingerprint density at radius 3 is 2.50 bits per heavy atom. The van der Waals surface area contributed by atoms with E-state index in [1.165, 1.54) is 17.3 Å². The first-order valence-electron chi connectivity index (χ1n) is 7.25. The van der Waals surface area contributed by atoms with E-state index in [1.807, 2.05) is 11.0 Å². The standard InChI is InChI=1S/C14H16N6O2/c15-9-11-12(17-4-3-16-11)19-5-7-20(8-6-19)14(22)13(21)18-10-1-2-10/h3-4,10H,1-2,5-8H2,(H,18,21). The van der Waals surface area contributed by atoms with Crippen molar-refractivity contribution in [3.8, 4) is 6.07 Å². The highest BCUT2D eigenvalue weighted by molar-refractivity contribution is 6.35. The lowest BCUT2D eigenvalue weighted by Gasteiger charge is -2.35. The van der Waals surface area contributed by atoms with Crippen LogP contribution in [0.3, 0.4) is 0 Å². The first-order chi connectivity index (χ1) is 10.7. The highest BCUT2D eigenvalue weighted by Gasteiger charge is 2.31. The number of hydrogen-bond donors (Lipinski definition) is 1. The minimum Gasteiger partial charge on any atom is -0.351 e. The van der Waals surface area contributed by atoms with Crippen LogP contribution < -0.4 is 10.2 Å². The topological polar surface area (TPSA) is 102 Å². The number of carbonyl (C=O) groups excluding carboxylic acids is 2. The van der Waals surface area contributed by atoms with E-state index >= 15 is 0 Å². The number of anilines is 1. The fourth-order valence-corrected chi connectivity index (χ4v) is 2.38. The van der Waals surface area contributed by atoms with Gasteiger partial charge in [0.2, 0.25) is 0 Å². The van der Waals surface area contributed by atoms with Crippen LogP contribution in [0.5, 0.6) is 0 Å². The van der Waals surface area contributed by atoms with Gasteiger partial charge in [-0.3, -0.25) is 9.59 Å². The molecule has 22 heavy (non-hydrogen) atoms. The van der Waals surface area contributed by atoms with E-state index in [0.717, 1.165) is 12.8 Å². The van der Waals surface area contributed by atoms with Gasteiger partial charge >= 0.3 is 11.8 Å². The molecule has 1 aliphatic heterocycles. The van der Waals surface area contributed by atoms with Crippen molar-refractivity contribution in [2.24, 2.45) is 0 Å². The molecule has 0 aromatic carbocycles. The van der Waals surface area contributed by atoms with Crippen LogP contribution in [0.1, 0.15) is 18.5 Å². The van der Waals surface area contributed by atoms with Crippen molar-refractivity contribution < 1.29 is 9.59 Å². The number of piperazine rings is 1. The summed E-state index contributed by atoms with van der Waals surface area (Å²) in [5.74, 6) is -0.473. The molecule has 8 heteroatoms. The number of aromatic nitrogens is 2. The molecule has 0 bridgehead atoms. The Kier molecular flexibility index (Phi) is 3.87. The largest absolute Gasteiger partial charge is 0.351 e. The van der Waals surface area contributed by atoms with Crippen LogP contribution in [0, 0.1) is 11.3 Å². The summed E-state index contributed by atoms with van der Waals surface area (Å²) in [7, 11) is 0. The van der Waals surface area contributed by atoms with Crippen LogP contribution in [0.15, 0.2) is 12.4 Å². The van der Waals surface area contributed by atoms with Gasteiger partial charge in [0.1, 0.15) is 6.07 Å². The van der Waals surface area contributed by atoms with Gasteiger partial charge in [0.25, 0.3) is 0 Å². The van der Waals surface area contributed by atoms with Crippen molar-refractivity contribution in [2.45, 2.75) is 18.9 Å². The van der Waals surface area contributed by atoms with E-state index in [2.05, 4.69) is 15.3 Å². The maximum Gasteiger partial charge on any atom is 0.312 e. The van der Waals surface area contributed by atoms with E-state index in [4.69, 9.17) is 5.26 Å². The molecular formula is C14H16N6O2. The summed E-state index contributed by atoms with van der Waals surface area (Å²) in [4.78, 5) is 35.4. The van der Waals surface area contributed by atoms with Gasteiger partial charge in [-0.2, -0.15) is 5.26 Å². The van der Waals surface area contributed by atoms with E-state index in [1.54, 1.807) is 0 Å². The van der Waals surface area contributed by atoms with E-state index in [0.29, 0.717) is 32.0 Å². The predicted molar refractivity (Wildman–Crippen MR) is 76.7 cm³/mol. The second kappa shape index (κ2) is 5.97. The fraction of sp³-hybridized carbons (Fsp3) is 0.500. The molecule has 1 aromatic heterocycles. The van der Waals surface area contributed by atoms with Crippen LogP contribution in [0.4, 0.5) is 5.82 Å². The highest BCUT2D eigenvalue weighted by atomic mass is 16.2. The molecule has 2 fully saturated rings. The fourth-order valence-electron chi connectivity index (χ4n) is 2.38. The van der Waals surface area contributed by atoms with Crippen molar-refractivity contribution in [1.29, 1.82) is 5.26 Å². The van der Waals surface area contributed by atoms with Crippen molar-refractivity contribution >= 4 is 17.6 Å².